The molecule has 0 aromatic heterocycles. The normalized spacial score (nSPS) is 17.8. The topological polar surface area (TPSA) is 123 Å². The van der Waals surface area contributed by atoms with Crippen LogP contribution in [-0.2, 0) is 29.8 Å². The number of amides is 3. The average Bonchev–Trinajstić information content (AvgIpc) is 3.38. The van der Waals surface area contributed by atoms with Gasteiger partial charge in [0.25, 0.3) is 0 Å². The van der Waals surface area contributed by atoms with E-state index in [1.54, 1.807) is 6.07 Å². The third-order valence-electron chi connectivity index (χ3n) is 7.29. The minimum atomic E-state index is -3.68. The van der Waals surface area contributed by atoms with E-state index in [-0.39, 0.29) is 35.3 Å². The number of alkyl halides is 2. The van der Waals surface area contributed by atoms with Crippen molar-refractivity contribution in [3.63, 3.8) is 0 Å². The second-order valence-corrected chi connectivity index (χ2v) is 10.8. The molecule has 0 aliphatic carbocycles. The van der Waals surface area contributed by atoms with Crippen molar-refractivity contribution in [1.82, 2.24) is 16.0 Å². The fourth-order valence-corrected chi connectivity index (χ4v) is 4.88. The second-order valence-electron chi connectivity index (χ2n) is 10.4. The first-order chi connectivity index (χ1) is 20.0. The molecule has 9 nitrogen and oxygen atoms in total. The Morgan fingerprint density at radius 2 is 1.81 bits per heavy atom. The van der Waals surface area contributed by atoms with E-state index in [4.69, 9.17) is 21.1 Å². The summed E-state index contributed by atoms with van der Waals surface area (Å²) in [5.41, 5.74) is -0.427. The number of ether oxygens (including phenoxy) is 2. The average molecular weight is 608 g/mol. The maximum atomic E-state index is 15.8. The molecule has 1 aliphatic heterocycles. The van der Waals surface area contributed by atoms with Crippen LogP contribution in [0.2, 0.25) is 5.02 Å². The zero-order chi connectivity index (χ0) is 30.9. The molecule has 1 aliphatic rings. The van der Waals surface area contributed by atoms with Crippen molar-refractivity contribution in [3.05, 3.63) is 70.7 Å². The van der Waals surface area contributed by atoms with E-state index >= 15 is 8.78 Å². The molecule has 5 atom stereocenters. The van der Waals surface area contributed by atoms with Gasteiger partial charge < -0.3 is 25.4 Å². The number of hydrogen-bond donors (Lipinski definition) is 3. The summed E-state index contributed by atoms with van der Waals surface area (Å²) in [5, 5.41) is 7.76. The monoisotopic (exact) mass is 607 g/mol. The number of esters is 1. The highest BCUT2D eigenvalue weighted by molar-refractivity contribution is 6.30. The highest BCUT2D eigenvalue weighted by Gasteiger charge is 2.46. The van der Waals surface area contributed by atoms with Crippen molar-refractivity contribution >= 4 is 35.5 Å². The minimum Gasteiger partial charge on any atom is -0.467 e. The highest BCUT2D eigenvalue weighted by Crippen LogP contribution is 2.43. The van der Waals surface area contributed by atoms with Crippen LogP contribution >= 0.6 is 11.6 Å². The summed E-state index contributed by atoms with van der Waals surface area (Å²) in [7, 11) is 1.16. The first kappa shape index (κ1) is 32.8. The standard InChI is InChI=1S/C30H36ClF2N3O6/c1-4-18(2)15-23(27(38)35-24(28(39)41-3)16-20-13-14-34-26(20)37)36-29(40)42-25(19-9-6-5-7-10-19)30(32,33)21-11-8-12-22(31)17-21/h5-12,17-18,20,23-25H,4,13-16H2,1-3H3,(H,34,37)(H,35,38)(H,36,40)/t18?,20-,23-,24-,25?/m0/s1. The molecule has 1 saturated heterocycles. The first-order valence-electron chi connectivity index (χ1n) is 13.8. The number of alkyl carbamates (subject to hydrolysis) is 1. The van der Waals surface area contributed by atoms with Crippen LogP contribution in [0.4, 0.5) is 13.6 Å². The predicted octanol–water partition coefficient (Wildman–Crippen LogP) is 4.89. The van der Waals surface area contributed by atoms with Gasteiger partial charge in [-0.05, 0) is 42.9 Å². The Morgan fingerprint density at radius 3 is 2.40 bits per heavy atom. The molecule has 1 heterocycles. The lowest BCUT2D eigenvalue weighted by molar-refractivity contribution is -0.146. The van der Waals surface area contributed by atoms with Crippen LogP contribution in [0.15, 0.2) is 54.6 Å². The Balaban J connectivity index is 1.83. The molecule has 0 spiro atoms. The SMILES string of the molecule is CCC(C)C[C@H](NC(=O)OC(c1ccccc1)C(F)(F)c1cccc(Cl)c1)C(=O)N[C@@H](C[C@@H]1CCNC1=O)C(=O)OC. The molecule has 2 unspecified atom stereocenters. The summed E-state index contributed by atoms with van der Waals surface area (Å²) < 4.78 is 41.8. The second kappa shape index (κ2) is 14.9. The molecule has 3 amide bonds. The maximum Gasteiger partial charge on any atom is 0.408 e. The van der Waals surface area contributed by atoms with Gasteiger partial charge in [0, 0.05) is 23.0 Å². The number of hydrogen-bond acceptors (Lipinski definition) is 6. The predicted molar refractivity (Wildman–Crippen MR) is 152 cm³/mol. The van der Waals surface area contributed by atoms with Crippen molar-refractivity contribution in [3.8, 4) is 0 Å². The van der Waals surface area contributed by atoms with E-state index in [0.717, 1.165) is 13.2 Å². The van der Waals surface area contributed by atoms with Crippen LogP contribution in [0.25, 0.3) is 0 Å². The Kier molecular flexibility index (Phi) is 11.7. The summed E-state index contributed by atoms with van der Waals surface area (Å²) in [4.78, 5) is 51.0. The van der Waals surface area contributed by atoms with Crippen molar-refractivity contribution in [2.45, 2.75) is 63.6 Å². The summed E-state index contributed by atoms with van der Waals surface area (Å²) in [6.45, 7) is 4.21. The van der Waals surface area contributed by atoms with Crippen LogP contribution in [0.5, 0.6) is 0 Å². The van der Waals surface area contributed by atoms with Crippen LogP contribution in [0.3, 0.4) is 0 Å². The van der Waals surface area contributed by atoms with Crippen molar-refractivity contribution in [2.24, 2.45) is 11.8 Å². The third-order valence-corrected chi connectivity index (χ3v) is 7.53. The molecule has 3 rings (SSSR count). The van der Waals surface area contributed by atoms with Gasteiger partial charge in [0.2, 0.25) is 11.8 Å². The third kappa shape index (κ3) is 8.64. The number of methoxy groups -OCH3 is 1. The zero-order valence-electron chi connectivity index (χ0n) is 23.7. The van der Waals surface area contributed by atoms with Gasteiger partial charge in [-0.1, -0.05) is 74.3 Å². The lowest BCUT2D eigenvalue weighted by atomic mass is 9.96. The van der Waals surface area contributed by atoms with Gasteiger partial charge >= 0.3 is 18.0 Å². The maximum absolute atomic E-state index is 15.8. The molecule has 2 aromatic rings. The van der Waals surface area contributed by atoms with Crippen LogP contribution in [0.1, 0.15) is 56.8 Å². The van der Waals surface area contributed by atoms with Gasteiger partial charge in [0.15, 0.2) is 6.10 Å². The molecule has 3 N–H and O–H groups in total. The number of carbonyl (C=O) groups is 4. The number of nitrogens with one attached hydrogen (secondary N) is 3. The Morgan fingerprint density at radius 1 is 1.10 bits per heavy atom. The van der Waals surface area contributed by atoms with E-state index in [1.807, 2.05) is 13.8 Å². The van der Waals surface area contributed by atoms with Crippen molar-refractivity contribution in [2.75, 3.05) is 13.7 Å². The molecule has 0 radical (unpaired) electrons. The Labute approximate surface area is 248 Å². The summed E-state index contributed by atoms with van der Waals surface area (Å²) in [6.07, 6.45) is -2.01. The largest absolute Gasteiger partial charge is 0.467 e. The van der Waals surface area contributed by atoms with Gasteiger partial charge in [0.05, 0.1) is 7.11 Å². The van der Waals surface area contributed by atoms with Gasteiger partial charge in [-0.25, -0.2) is 9.59 Å². The number of benzene rings is 2. The van der Waals surface area contributed by atoms with E-state index < -0.39 is 53.6 Å². The molecular formula is C30H36ClF2N3O6. The number of halogens is 3. The summed E-state index contributed by atoms with van der Waals surface area (Å²) >= 11 is 5.96. The molecule has 0 bridgehead atoms. The molecule has 12 heteroatoms. The summed E-state index contributed by atoms with van der Waals surface area (Å²) in [5.74, 6) is -5.96. The van der Waals surface area contributed by atoms with E-state index in [9.17, 15) is 19.2 Å². The van der Waals surface area contributed by atoms with Crippen molar-refractivity contribution in [1.29, 1.82) is 0 Å². The number of rotatable bonds is 13. The molecule has 2 aromatic carbocycles. The lowest BCUT2D eigenvalue weighted by Gasteiger charge is -2.29. The van der Waals surface area contributed by atoms with Crippen molar-refractivity contribution < 1.29 is 37.4 Å². The molecular weight excluding hydrogens is 572 g/mol. The fraction of sp³-hybridized carbons (Fsp3) is 0.467. The Bertz CT molecular complexity index is 1250. The van der Waals surface area contributed by atoms with Crippen LogP contribution < -0.4 is 16.0 Å². The van der Waals surface area contributed by atoms with E-state index in [2.05, 4.69) is 16.0 Å². The highest BCUT2D eigenvalue weighted by atomic mass is 35.5. The molecule has 0 saturated carbocycles. The minimum absolute atomic E-state index is 0.00663. The smallest absolute Gasteiger partial charge is 0.408 e. The molecule has 42 heavy (non-hydrogen) atoms. The molecule has 228 valence electrons. The van der Waals surface area contributed by atoms with Crippen LogP contribution in [-0.4, -0.2) is 49.6 Å². The van der Waals surface area contributed by atoms with Gasteiger partial charge in [0.1, 0.15) is 12.1 Å². The summed E-state index contributed by atoms with van der Waals surface area (Å²) in [6, 6.07) is 10.2. The molecule has 1 fully saturated rings. The quantitative estimate of drug-likeness (QED) is 0.279. The Hall–Kier alpha value is -3.73. The van der Waals surface area contributed by atoms with Crippen LogP contribution in [0, 0.1) is 11.8 Å². The lowest BCUT2D eigenvalue weighted by Crippen LogP contribution is -2.53. The van der Waals surface area contributed by atoms with Gasteiger partial charge in [-0.15, -0.1) is 0 Å². The fourth-order valence-electron chi connectivity index (χ4n) is 4.69. The van der Waals surface area contributed by atoms with Gasteiger partial charge in [-0.2, -0.15) is 8.78 Å². The van der Waals surface area contributed by atoms with Gasteiger partial charge in [-0.3, -0.25) is 9.59 Å². The zero-order valence-corrected chi connectivity index (χ0v) is 24.5. The van der Waals surface area contributed by atoms with E-state index in [0.29, 0.717) is 19.4 Å². The number of carbonyl (C=O) groups excluding carboxylic acids is 4. The first-order valence-corrected chi connectivity index (χ1v) is 14.2. The van der Waals surface area contributed by atoms with E-state index in [1.165, 1.54) is 42.5 Å².